The molecule has 2 N–H and O–H groups in total. The fraction of sp³-hybridized carbons (Fsp3) is 0.0952. The van der Waals surface area contributed by atoms with Gasteiger partial charge in [-0.05, 0) is 43.3 Å². The van der Waals surface area contributed by atoms with Crippen LogP contribution in [0.15, 0.2) is 42.6 Å². The summed E-state index contributed by atoms with van der Waals surface area (Å²) in [6.45, 7) is 2.06. The van der Waals surface area contributed by atoms with E-state index in [1.54, 1.807) is 16.8 Å². The second-order valence-corrected chi connectivity index (χ2v) is 7.31. The molecule has 0 aliphatic heterocycles. The molecule has 4 aromatic rings. The number of carbonyl (C=O) groups excluding carboxylic acids is 2. The first-order valence-electron chi connectivity index (χ1n) is 8.55. The van der Waals surface area contributed by atoms with Crippen LogP contribution in [0.1, 0.15) is 15.4 Å². The Morgan fingerprint density at radius 3 is 2.96 bits per heavy atom. The van der Waals surface area contributed by atoms with E-state index in [0.717, 1.165) is 44.5 Å². The van der Waals surface area contributed by atoms with E-state index in [4.69, 9.17) is 6.42 Å². The van der Waals surface area contributed by atoms with Gasteiger partial charge in [-0.15, -0.1) is 17.8 Å². The van der Waals surface area contributed by atoms with E-state index in [1.165, 1.54) is 11.3 Å². The van der Waals surface area contributed by atoms with Crippen molar-refractivity contribution in [3.05, 3.63) is 53.2 Å². The fourth-order valence-corrected chi connectivity index (χ4v) is 4.07. The van der Waals surface area contributed by atoms with Crippen LogP contribution < -0.4 is 10.6 Å². The second kappa shape index (κ2) is 7.18. The number of hydrogen-bond acceptors (Lipinski definition) is 5. The number of carbonyl (C=O) groups is 2. The largest absolute Gasteiger partial charge is 0.354 e. The summed E-state index contributed by atoms with van der Waals surface area (Å²) in [5.74, 6) is 2.40. The van der Waals surface area contributed by atoms with Crippen molar-refractivity contribution < 1.29 is 9.59 Å². The number of thiophene rings is 1. The molecule has 0 fully saturated rings. The Labute approximate surface area is 165 Å². The molecule has 0 aliphatic carbocycles. The number of pyridine rings is 1. The van der Waals surface area contributed by atoms with E-state index >= 15 is 0 Å². The minimum Gasteiger partial charge on any atom is -0.354 e. The number of nitrogens with one attached hydrogen (secondary N) is 2. The molecule has 1 aromatic carbocycles. The summed E-state index contributed by atoms with van der Waals surface area (Å²) in [7, 11) is 0. The summed E-state index contributed by atoms with van der Waals surface area (Å²) in [6.07, 6.45) is 7.76. The Bertz CT molecular complexity index is 1260. The van der Waals surface area contributed by atoms with Gasteiger partial charge in [0.25, 0.3) is 0 Å². The number of benzene rings is 1. The number of nitrogens with zero attached hydrogens (tertiary/aromatic N) is 2. The summed E-state index contributed by atoms with van der Waals surface area (Å²) in [6, 6.07) is 11.1. The molecule has 0 saturated heterocycles. The Morgan fingerprint density at radius 2 is 2.18 bits per heavy atom. The monoisotopic (exact) mass is 388 g/mol. The molecule has 3 aromatic heterocycles. The summed E-state index contributed by atoms with van der Waals surface area (Å²) in [5, 5.41) is 7.01. The van der Waals surface area contributed by atoms with Gasteiger partial charge < -0.3 is 10.6 Å². The topological polar surface area (TPSA) is 76.0 Å². The Balaban J connectivity index is 1.70. The van der Waals surface area contributed by atoms with Gasteiger partial charge in [0.05, 0.1) is 32.8 Å². The van der Waals surface area contributed by atoms with Gasteiger partial charge in [0.1, 0.15) is 0 Å². The predicted octanol–water partition coefficient (Wildman–Crippen LogP) is 4.31. The zero-order chi connectivity index (χ0) is 19.7. The summed E-state index contributed by atoms with van der Waals surface area (Å²) < 4.78 is 2.53. The van der Waals surface area contributed by atoms with Crippen LogP contribution >= 0.6 is 11.3 Å². The third kappa shape index (κ3) is 3.10. The van der Waals surface area contributed by atoms with Gasteiger partial charge in [0.2, 0.25) is 0 Å². The van der Waals surface area contributed by atoms with Crippen LogP contribution in [0.4, 0.5) is 16.2 Å². The number of amides is 1. The fourth-order valence-electron chi connectivity index (χ4n) is 3.17. The highest BCUT2D eigenvalue weighted by Gasteiger charge is 2.13. The number of anilines is 2. The van der Waals surface area contributed by atoms with E-state index in [0.29, 0.717) is 4.88 Å². The van der Waals surface area contributed by atoms with Crippen molar-refractivity contribution in [2.45, 2.75) is 6.92 Å². The molecule has 0 atom stereocenters. The molecule has 1 amide bonds. The number of aryl methyl sites for hydroxylation is 1. The minimum absolute atomic E-state index is 0.180. The molecule has 4 rings (SSSR count). The summed E-state index contributed by atoms with van der Waals surface area (Å²) >= 11 is 1.40. The van der Waals surface area contributed by atoms with Crippen molar-refractivity contribution in [2.24, 2.45) is 0 Å². The van der Waals surface area contributed by atoms with E-state index in [2.05, 4.69) is 21.5 Å². The quantitative estimate of drug-likeness (QED) is 0.404. The van der Waals surface area contributed by atoms with Crippen LogP contribution in [0, 0.1) is 19.3 Å². The lowest BCUT2D eigenvalue weighted by Gasteiger charge is -2.09. The third-order valence-corrected chi connectivity index (χ3v) is 5.44. The molecule has 0 radical (unpaired) electrons. The first kappa shape index (κ1) is 17.8. The normalized spacial score (nSPS) is 10.7. The SMILES string of the molecule is C#CCNC(=O)n1c(C)cc2cc(Nc3ccnc4cc(C=O)sc34)ccc21. The van der Waals surface area contributed by atoms with Crippen molar-refractivity contribution in [3.63, 3.8) is 0 Å². The van der Waals surface area contributed by atoms with Gasteiger partial charge in [-0.2, -0.15) is 0 Å². The van der Waals surface area contributed by atoms with E-state index in [9.17, 15) is 9.59 Å². The number of hydrogen-bond donors (Lipinski definition) is 2. The van der Waals surface area contributed by atoms with Crippen LogP contribution in [0.3, 0.4) is 0 Å². The zero-order valence-electron chi connectivity index (χ0n) is 15.0. The molecule has 138 valence electrons. The molecule has 28 heavy (non-hydrogen) atoms. The number of rotatable bonds is 4. The first-order valence-corrected chi connectivity index (χ1v) is 9.37. The highest BCUT2D eigenvalue weighted by atomic mass is 32.1. The van der Waals surface area contributed by atoms with Crippen LogP contribution in [0.25, 0.3) is 21.1 Å². The lowest BCUT2D eigenvalue weighted by molar-refractivity contribution is 0.112. The Kier molecular flexibility index (Phi) is 4.55. The molecular weight excluding hydrogens is 372 g/mol. The Hall–Kier alpha value is -3.63. The number of aromatic nitrogens is 2. The highest BCUT2D eigenvalue weighted by Crippen LogP contribution is 2.32. The van der Waals surface area contributed by atoms with Crippen LogP contribution in [0.5, 0.6) is 0 Å². The highest BCUT2D eigenvalue weighted by molar-refractivity contribution is 7.21. The second-order valence-electron chi connectivity index (χ2n) is 6.22. The van der Waals surface area contributed by atoms with Gasteiger partial charge in [-0.3, -0.25) is 14.3 Å². The third-order valence-electron chi connectivity index (χ3n) is 4.36. The van der Waals surface area contributed by atoms with E-state index < -0.39 is 0 Å². The summed E-state index contributed by atoms with van der Waals surface area (Å²) in [5.41, 5.74) is 4.16. The molecule has 7 heteroatoms. The van der Waals surface area contributed by atoms with Crippen molar-refractivity contribution in [3.8, 4) is 12.3 Å². The Morgan fingerprint density at radius 1 is 1.32 bits per heavy atom. The lowest BCUT2D eigenvalue weighted by atomic mass is 10.2. The van der Waals surface area contributed by atoms with E-state index in [1.807, 2.05) is 37.3 Å². The molecule has 0 saturated carbocycles. The molecule has 0 bridgehead atoms. The maximum absolute atomic E-state index is 12.4. The van der Waals surface area contributed by atoms with Gasteiger partial charge in [0.15, 0.2) is 6.29 Å². The van der Waals surface area contributed by atoms with Gasteiger partial charge in [0, 0.05) is 23.0 Å². The van der Waals surface area contributed by atoms with Crippen molar-refractivity contribution >= 4 is 56.1 Å². The smallest absolute Gasteiger partial charge is 0.327 e. The average Bonchev–Trinajstić information content (AvgIpc) is 3.26. The minimum atomic E-state index is -0.248. The van der Waals surface area contributed by atoms with Crippen molar-refractivity contribution in [2.75, 3.05) is 11.9 Å². The van der Waals surface area contributed by atoms with Crippen LogP contribution in [0.2, 0.25) is 0 Å². The molecule has 3 heterocycles. The first-order chi connectivity index (χ1) is 13.6. The van der Waals surface area contributed by atoms with E-state index in [-0.39, 0.29) is 12.6 Å². The molecule has 0 unspecified atom stereocenters. The average molecular weight is 388 g/mol. The lowest BCUT2D eigenvalue weighted by Crippen LogP contribution is -2.29. The standard InChI is InChI=1S/C21H16N4O2S/c1-3-7-23-21(27)25-13(2)9-14-10-15(4-5-19(14)25)24-17-6-8-22-18-11-16(12-26)28-20(17)18/h1,4-6,8-12H,7H2,2H3,(H,22,24)(H,23,27). The van der Waals surface area contributed by atoms with Crippen LogP contribution in [-0.2, 0) is 0 Å². The summed E-state index contributed by atoms with van der Waals surface area (Å²) in [4.78, 5) is 28.4. The molecular formula is C21H16N4O2S. The van der Waals surface area contributed by atoms with Crippen LogP contribution in [-0.4, -0.2) is 28.4 Å². The zero-order valence-corrected chi connectivity index (χ0v) is 15.8. The maximum atomic E-state index is 12.4. The van der Waals surface area contributed by atoms with Gasteiger partial charge in [-0.1, -0.05) is 5.92 Å². The molecule has 0 spiro atoms. The number of aldehydes is 1. The van der Waals surface area contributed by atoms with Gasteiger partial charge in [-0.25, -0.2) is 4.79 Å². The molecule has 0 aliphatic rings. The molecule has 6 nitrogen and oxygen atoms in total. The van der Waals surface area contributed by atoms with Crippen molar-refractivity contribution in [1.29, 1.82) is 0 Å². The predicted molar refractivity (Wildman–Crippen MR) is 113 cm³/mol. The number of fused-ring (bicyclic) bond motifs is 2. The van der Waals surface area contributed by atoms with Gasteiger partial charge >= 0.3 is 6.03 Å². The maximum Gasteiger partial charge on any atom is 0.327 e. The van der Waals surface area contributed by atoms with Crippen molar-refractivity contribution in [1.82, 2.24) is 14.9 Å². The number of terminal acetylenes is 1.